The van der Waals surface area contributed by atoms with Crippen molar-refractivity contribution in [3.05, 3.63) is 18.0 Å². The van der Waals surface area contributed by atoms with Crippen LogP contribution in [0.5, 0.6) is 0 Å². The van der Waals surface area contributed by atoms with Gasteiger partial charge in [-0.15, -0.1) is 0 Å². The summed E-state index contributed by atoms with van der Waals surface area (Å²) in [6.45, 7) is 0.833. The molecule has 0 spiro atoms. The second kappa shape index (κ2) is 4.34. The predicted molar refractivity (Wildman–Crippen MR) is 71.1 cm³/mol. The van der Waals surface area contributed by atoms with Gasteiger partial charge in [-0.3, -0.25) is 4.79 Å². The van der Waals surface area contributed by atoms with E-state index in [1.165, 1.54) is 25.7 Å². The van der Waals surface area contributed by atoms with E-state index in [1.807, 2.05) is 7.05 Å². The SMILES string of the molecule is Cn1cc(N)cc1C(=O)NCC(C1CC1)C1CC1. The van der Waals surface area contributed by atoms with Gasteiger partial charge >= 0.3 is 0 Å². The van der Waals surface area contributed by atoms with Crippen LogP contribution in [0.15, 0.2) is 12.3 Å². The van der Waals surface area contributed by atoms with Gasteiger partial charge in [-0.25, -0.2) is 0 Å². The topological polar surface area (TPSA) is 60.0 Å². The van der Waals surface area contributed by atoms with E-state index in [-0.39, 0.29) is 5.91 Å². The maximum atomic E-state index is 12.1. The molecule has 2 fully saturated rings. The number of amides is 1. The maximum absolute atomic E-state index is 12.1. The van der Waals surface area contributed by atoms with E-state index in [4.69, 9.17) is 5.73 Å². The number of anilines is 1. The van der Waals surface area contributed by atoms with Gasteiger partial charge in [0.05, 0.1) is 5.69 Å². The number of nitrogens with one attached hydrogen (secondary N) is 1. The Morgan fingerprint density at radius 1 is 1.44 bits per heavy atom. The lowest BCUT2D eigenvalue weighted by molar-refractivity contribution is 0.0935. The molecule has 0 unspecified atom stereocenters. The standard InChI is InChI=1S/C14H21N3O/c1-17-8-11(15)6-13(17)14(18)16-7-12(9-2-3-9)10-4-5-10/h6,8-10,12H,2-5,7,15H2,1H3,(H,16,18). The van der Waals surface area contributed by atoms with Crippen LogP contribution in [-0.4, -0.2) is 17.0 Å². The summed E-state index contributed by atoms with van der Waals surface area (Å²) in [6, 6.07) is 1.73. The van der Waals surface area contributed by atoms with E-state index in [1.54, 1.807) is 16.8 Å². The Balaban J connectivity index is 1.58. The van der Waals surface area contributed by atoms with Crippen molar-refractivity contribution in [2.24, 2.45) is 24.8 Å². The molecule has 0 radical (unpaired) electrons. The van der Waals surface area contributed by atoms with Crippen molar-refractivity contribution in [2.75, 3.05) is 12.3 Å². The number of nitrogens with zero attached hydrogens (tertiary/aromatic N) is 1. The average molecular weight is 247 g/mol. The molecule has 1 aromatic rings. The van der Waals surface area contributed by atoms with Crippen LogP contribution in [0.4, 0.5) is 5.69 Å². The van der Waals surface area contributed by atoms with E-state index < -0.39 is 0 Å². The summed E-state index contributed by atoms with van der Waals surface area (Å²) >= 11 is 0. The summed E-state index contributed by atoms with van der Waals surface area (Å²) in [5.74, 6) is 2.46. The molecule has 1 amide bonds. The number of carbonyl (C=O) groups is 1. The van der Waals surface area contributed by atoms with Gasteiger partial charge in [0.2, 0.25) is 0 Å². The lowest BCUT2D eigenvalue weighted by Gasteiger charge is -2.16. The number of hydrogen-bond donors (Lipinski definition) is 2. The van der Waals surface area contributed by atoms with Crippen molar-refractivity contribution in [2.45, 2.75) is 25.7 Å². The molecule has 2 aliphatic rings. The Bertz CT molecular complexity index is 446. The van der Waals surface area contributed by atoms with Crippen LogP contribution >= 0.6 is 0 Å². The van der Waals surface area contributed by atoms with Gasteiger partial charge in [-0.05, 0) is 49.5 Å². The first-order chi connectivity index (χ1) is 8.65. The van der Waals surface area contributed by atoms with E-state index in [9.17, 15) is 4.79 Å². The number of rotatable bonds is 5. The Morgan fingerprint density at radius 2 is 2.06 bits per heavy atom. The molecule has 2 saturated carbocycles. The molecule has 0 aliphatic heterocycles. The zero-order valence-electron chi connectivity index (χ0n) is 10.9. The highest BCUT2D eigenvalue weighted by Crippen LogP contribution is 2.48. The second-order valence-electron chi connectivity index (χ2n) is 5.82. The first kappa shape index (κ1) is 11.6. The minimum absolute atomic E-state index is 0.000463. The first-order valence-electron chi connectivity index (χ1n) is 6.85. The molecular formula is C14H21N3O. The van der Waals surface area contributed by atoms with E-state index >= 15 is 0 Å². The third-order valence-electron chi connectivity index (χ3n) is 4.21. The summed E-state index contributed by atoms with van der Waals surface area (Å²) in [5, 5.41) is 3.08. The van der Waals surface area contributed by atoms with Crippen molar-refractivity contribution >= 4 is 11.6 Å². The smallest absolute Gasteiger partial charge is 0.267 e. The van der Waals surface area contributed by atoms with Gasteiger partial charge in [-0.2, -0.15) is 0 Å². The fourth-order valence-corrected chi connectivity index (χ4v) is 2.88. The number of hydrogen-bond acceptors (Lipinski definition) is 2. The molecule has 0 saturated heterocycles. The second-order valence-corrected chi connectivity index (χ2v) is 5.82. The molecule has 4 heteroatoms. The van der Waals surface area contributed by atoms with Crippen molar-refractivity contribution in [1.82, 2.24) is 9.88 Å². The summed E-state index contributed by atoms with van der Waals surface area (Å²) in [4.78, 5) is 12.1. The van der Waals surface area contributed by atoms with Crippen LogP contribution < -0.4 is 11.1 Å². The minimum Gasteiger partial charge on any atom is -0.397 e. The molecule has 98 valence electrons. The Hall–Kier alpha value is -1.45. The maximum Gasteiger partial charge on any atom is 0.267 e. The Morgan fingerprint density at radius 3 is 2.50 bits per heavy atom. The van der Waals surface area contributed by atoms with Crippen LogP contribution in [0.2, 0.25) is 0 Å². The van der Waals surface area contributed by atoms with Crippen molar-refractivity contribution in [1.29, 1.82) is 0 Å². The minimum atomic E-state index is 0.000463. The Labute approximate surface area is 108 Å². The van der Waals surface area contributed by atoms with Crippen molar-refractivity contribution in [3.63, 3.8) is 0 Å². The van der Waals surface area contributed by atoms with Crippen molar-refractivity contribution in [3.8, 4) is 0 Å². The Kier molecular flexibility index (Phi) is 2.80. The molecule has 1 heterocycles. The van der Waals surface area contributed by atoms with Crippen LogP contribution in [0, 0.1) is 17.8 Å². The summed E-state index contributed by atoms with van der Waals surface area (Å²) in [5.41, 5.74) is 6.98. The normalized spacial score (nSPS) is 19.2. The molecule has 3 N–H and O–H groups in total. The molecule has 1 aromatic heterocycles. The summed E-state index contributed by atoms with van der Waals surface area (Å²) in [6.07, 6.45) is 7.19. The zero-order valence-corrected chi connectivity index (χ0v) is 10.9. The third-order valence-corrected chi connectivity index (χ3v) is 4.21. The van der Waals surface area contributed by atoms with Crippen LogP contribution in [0.25, 0.3) is 0 Å². The molecule has 0 bridgehead atoms. The van der Waals surface area contributed by atoms with Crippen molar-refractivity contribution < 1.29 is 4.79 Å². The monoisotopic (exact) mass is 247 g/mol. The zero-order chi connectivity index (χ0) is 12.7. The summed E-state index contributed by atoms with van der Waals surface area (Å²) in [7, 11) is 1.85. The van der Waals surface area contributed by atoms with E-state index in [2.05, 4.69) is 5.32 Å². The van der Waals surface area contributed by atoms with Gasteiger partial charge in [0, 0.05) is 19.8 Å². The van der Waals surface area contributed by atoms with Gasteiger partial charge in [-0.1, -0.05) is 0 Å². The lowest BCUT2D eigenvalue weighted by Crippen LogP contribution is -2.32. The van der Waals surface area contributed by atoms with Gasteiger partial charge in [0.25, 0.3) is 5.91 Å². The number of aryl methyl sites for hydroxylation is 1. The van der Waals surface area contributed by atoms with E-state index in [0.717, 1.165) is 18.4 Å². The van der Waals surface area contributed by atoms with Gasteiger partial charge < -0.3 is 15.6 Å². The number of nitrogens with two attached hydrogens (primary N) is 1. The van der Waals surface area contributed by atoms with Gasteiger partial charge in [0.15, 0.2) is 0 Å². The largest absolute Gasteiger partial charge is 0.397 e. The number of nitrogen functional groups attached to an aromatic ring is 1. The molecule has 3 rings (SSSR count). The van der Waals surface area contributed by atoms with Crippen LogP contribution in [0.1, 0.15) is 36.2 Å². The van der Waals surface area contributed by atoms with Crippen LogP contribution in [0.3, 0.4) is 0 Å². The average Bonchev–Trinajstić information content (AvgIpc) is 3.19. The highest BCUT2D eigenvalue weighted by Gasteiger charge is 2.41. The molecule has 0 aromatic carbocycles. The predicted octanol–water partition coefficient (Wildman–Crippen LogP) is 1.77. The molecule has 4 nitrogen and oxygen atoms in total. The molecule has 2 aliphatic carbocycles. The fraction of sp³-hybridized carbons (Fsp3) is 0.643. The van der Waals surface area contributed by atoms with Gasteiger partial charge in [0.1, 0.15) is 5.69 Å². The third kappa shape index (κ3) is 2.37. The highest BCUT2D eigenvalue weighted by molar-refractivity contribution is 5.93. The van der Waals surface area contributed by atoms with Crippen LogP contribution in [-0.2, 0) is 7.05 Å². The number of carbonyl (C=O) groups excluding carboxylic acids is 1. The molecular weight excluding hydrogens is 226 g/mol. The number of aromatic nitrogens is 1. The first-order valence-corrected chi connectivity index (χ1v) is 6.85. The highest BCUT2D eigenvalue weighted by atomic mass is 16.1. The molecule has 0 atom stereocenters. The molecule has 18 heavy (non-hydrogen) atoms. The quantitative estimate of drug-likeness (QED) is 0.833. The lowest BCUT2D eigenvalue weighted by atomic mass is 9.98. The van der Waals surface area contributed by atoms with E-state index in [0.29, 0.717) is 17.3 Å². The summed E-state index contributed by atoms with van der Waals surface area (Å²) < 4.78 is 1.79. The fourth-order valence-electron chi connectivity index (χ4n) is 2.88.